The first-order chi connectivity index (χ1) is 13.0. The lowest BCUT2D eigenvalue weighted by molar-refractivity contribution is 0.0876. The minimum absolute atomic E-state index is 0.0373. The van der Waals surface area contributed by atoms with Gasteiger partial charge in [0.2, 0.25) is 0 Å². The van der Waals surface area contributed by atoms with Crippen LogP contribution in [0.4, 0.5) is 14.9 Å². The highest BCUT2D eigenvalue weighted by Crippen LogP contribution is 2.15. The zero-order valence-electron chi connectivity index (χ0n) is 15.2. The Kier molecular flexibility index (Phi) is 6.16. The molecule has 1 aliphatic rings. The van der Waals surface area contributed by atoms with Gasteiger partial charge in [0.1, 0.15) is 11.6 Å². The number of benzene rings is 2. The van der Waals surface area contributed by atoms with Crippen LogP contribution in [-0.4, -0.2) is 61.4 Å². The summed E-state index contributed by atoms with van der Waals surface area (Å²) in [4.78, 5) is 28.6. The highest BCUT2D eigenvalue weighted by Gasteiger charge is 2.17. The van der Waals surface area contributed by atoms with Crippen molar-refractivity contribution in [2.75, 3.05) is 45.1 Å². The van der Waals surface area contributed by atoms with Crippen molar-refractivity contribution in [2.45, 2.75) is 0 Å². The SMILES string of the molecule is CN1CCN(CC(=O)c2ccc(OC(=O)Nc3cccc(F)c3)cc2)CC1. The average Bonchev–Trinajstić information content (AvgIpc) is 2.64. The maximum Gasteiger partial charge on any atom is 0.417 e. The van der Waals surface area contributed by atoms with Gasteiger partial charge in [0.05, 0.1) is 6.54 Å². The number of carbonyl (C=O) groups excluding carboxylic acids is 2. The van der Waals surface area contributed by atoms with E-state index in [1.165, 1.54) is 18.2 Å². The van der Waals surface area contributed by atoms with Crippen LogP contribution in [0.2, 0.25) is 0 Å². The number of hydrogen-bond donors (Lipinski definition) is 1. The van der Waals surface area contributed by atoms with Crippen LogP contribution in [0.3, 0.4) is 0 Å². The lowest BCUT2D eigenvalue weighted by Gasteiger charge is -2.31. The smallest absolute Gasteiger partial charge is 0.410 e. The van der Waals surface area contributed by atoms with Gasteiger partial charge in [0.25, 0.3) is 0 Å². The van der Waals surface area contributed by atoms with Gasteiger partial charge < -0.3 is 9.64 Å². The van der Waals surface area contributed by atoms with E-state index >= 15 is 0 Å². The van der Waals surface area contributed by atoms with E-state index in [-0.39, 0.29) is 5.78 Å². The van der Waals surface area contributed by atoms with Gasteiger partial charge in [-0.05, 0) is 49.5 Å². The average molecular weight is 371 g/mol. The summed E-state index contributed by atoms with van der Waals surface area (Å²) in [5.74, 6) is -0.105. The third-order valence-electron chi connectivity index (χ3n) is 4.42. The number of hydrogen-bond acceptors (Lipinski definition) is 5. The first-order valence-corrected chi connectivity index (χ1v) is 8.78. The molecule has 0 unspecified atom stereocenters. The molecule has 1 amide bonds. The highest BCUT2D eigenvalue weighted by atomic mass is 19.1. The third kappa shape index (κ3) is 5.60. The quantitative estimate of drug-likeness (QED) is 0.819. The molecule has 27 heavy (non-hydrogen) atoms. The molecular weight excluding hydrogens is 349 g/mol. The molecule has 0 spiro atoms. The van der Waals surface area contributed by atoms with Crippen LogP contribution >= 0.6 is 0 Å². The fourth-order valence-electron chi connectivity index (χ4n) is 2.83. The van der Waals surface area contributed by atoms with E-state index in [0.717, 1.165) is 26.2 Å². The number of likely N-dealkylation sites (N-methyl/N-ethyl adjacent to an activating group) is 1. The lowest BCUT2D eigenvalue weighted by atomic mass is 10.1. The largest absolute Gasteiger partial charge is 0.417 e. The van der Waals surface area contributed by atoms with Gasteiger partial charge in [-0.3, -0.25) is 15.0 Å². The van der Waals surface area contributed by atoms with Crippen LogP contribution < -0.4 is 10.1 Å². The van der Waals surface area contributed by atoms with Crippen molar-refractivity contribution in [2.24, 2.45) is 0 Å². The zero-order chi connectivity index (χ0) is 19.2. The first-order valence-electron chi connectivity index (χ1n) is 8.78. The Morgan fingerprint density at radius 1 is 1.07 bits per heavy atom. The van der Waals surface area contributed by atoms with Crippen LogP contribution in [0.25, 0.3) is 0 Å². The van der Waals surface area contributed by atoms with Crippen LogP contribution in [0.1, 0.15) is 10.4 Å². The predicted molar refractivity (Wildman–Crippen MR) is 101 cm³/mol. The van der Waals surface area contributed by atoms with Gasteiger partial charge in [0, 0.05) is 37.4 Å². The Morgan fingerprint density at radius 3 is 2.44 bits per heavy atom. The fraction of sp³-hybridized carbons (Fsp3) is 0.300. The molecule has 1 heterocycles. The van der Waals surface area contributed by atoms with Gasteiger partial charge in [-0.25, -0.2) is 9.18 Å². The number of nitrogens with one attached hydrogen (secondary N) is 1. The maximum absolute atomic E-state index is 13.1. The van der Waals surface area contributed by atoms with Crippen LogP contribution in [-0.2, 0) is 0 Å². The zero-order valence-corrected chi connectivity index (χ0v) is 15.2. The van der Waals surface area contributed by atoms with Crippen molar-refractivity contribution in [3.63, 3.8) is 0 Å². The van der Waals surface area contributed by atoms with Gasteiger partial charge >= 0.3 is 6.09 Å². The number of nitrogens with zero attached hydrogens (tertiary/aromatic N) is 2. The Morgan fingerprint density at radius 2 is 1.78 bits per heavy atom. The van der Waals surface area contributed by atoms with E-state index in [0.29, 0.717) is 23.5 Å². The monoisotopic (exact) mass is 371 g/mol. The number of halogens is 1. The summed E-state index contributed by atoms with van der Waals surface area (Å²) < 4.78 is 18.3. The maximum atomic E-state index is 13.1. The van der Waals surface area contributed by atoms with Crippen LogP contribution in [0.15, 0.2) is 48.5 Å². The summed E-state index contributed by atoms with van der Waals surface area (Å²) in [5, 5.41) is 2.45. The molecule has 0 saturated carbocycles. The number of piperazine rings is 1. The summed E-state index contributed by atoms with van der Waals surface area (Å²) in [7, 11) is 2.07. The summed E-state index contributed by atoms with van der Waals surface area (Å²) in [6.45, 7) is 4.06. The van der Waals surface area contributed by atoms with Crippen molar-refractivity contribution in [1.82, 2.24) is 9.80 Å². The van der Waals surface area contributed by atoms with E-state index in [1.54, 1.807) is 30.3 Å². The third-order valence-corrected chi connectivity index (χ3v) is 4.42. The van der Waals surface area contributed by atoms with E-state index in [2.05, 4.69) is 22.2 Å². The van der Waals surface area contributed by atoms with E-state index < -0.39 is 11.9 Å². The second-order valence-corrected chi connectivity index (χ2v) is 6.55. The number of ether oxygens (including phenoxy) is 1. The van der Waals surface area contributed by atoms with E-state index in [9.17, 15) is 14.0 Å². The standard InChI is InChI=1S/C20H22FN3O3/c1-23-9-11-24(12-10-23)14-19(25)15-5-7-18(8-6-15)27-20(26)22-17-4-2-3-16(21)13-17/h2-8,13H,9-12,14H2,1H3,(H,22,26). The molecule has 2 aromatic rings. The van der Waals surface area contributed by atoms with Crippen LogP contribution in [0.5, 0.6) is 5.75 Å². The molecule has 1 aliphatic heterocycles. The molecule has 0 bridgehead atoms. The summed E-state index contributed by atoms with van der Waals surface area (Å²) in [6.07, 6.45) is -0.725. The number of amides is 1. The molecule has 0 aliphatic carbocycles. The van der Waals surface area contributed by atoms with Crippen LogP contribution in [0, 0.1) is 5.82 Å². The van der Waals surface area contributed by atoms with Gasteiger partial charge in [-0.2, -0.15) is 0 Å². The Hall–Kier alpha value is -2.77. The number of anilines is 1. The summed E-state index contributed by atoms with van der Waals surface area (Å²) in [6, 6.07) is 12.0. The highest BCUT2D eigenvalue weighted by molar-refractivity contribution is 5.97. The molecule has 1 N–H and O–H groups in total. The molecule has 2 aromatic carbocycles. The molecule has 7 heteroatoms. The van der Waals surface area contributed by atoms with E-state index in [4.69, 9.17) is 4.74 Å². The lowest BCUT2D eigenvalue weighted by Crippen LogP contribution is -2.46. The Labute approximate surface area is 157 Å². The summed E-state index contributed by atoms with van der Waals surface area (Å²) >= 11 is 0. The van der Waals surface area contributed by atoms with Crippen molar-refractivity contribution < 1.29 is 18.7 Å². The molecule has 0 aromatic heterocycles. The van der Waals surface area contributed by atoms with Gasteiger partial charge in [-0.15, -0.1) is 0 Å². The number of Topliss-reactive ketones (excluding diaryl/α,β-unsaturated/α-hetero) is 1. The van der Waals surface area contributed by atoms with Gasteiger partial charge in [0.15, 0.2) is 5.78 Å². The van der Waals surface area contributed by atoms with Gasteiger partial charge in [-0.1, -0.05) is 6.07 Å². The molecule has 0 atom stereocenters. The number of rotatable bonds is 5. The number of carbonyl (C=O) groups is 2. The number of ketones is 1. The first kappa shape index (κ1) is 19.0. The molecule has 1 fully saturated rings. The molecule has 6 nitrogen and oxygen atoms in total. The molecule has 1 saturated heterocycles. The minimum atomic E-state index is -0.725. The normalized spacial score (nSPS) is 15.3. The van der Waals surface area contributed by atoms with Crippen molar-refractivity contribution in [3.8, 4) is 5.75 Å². The predicted octanol–water partition coefficient (Wildman–Crippen LogP) is 2.87. The topological polar surface area (TPSA) is 61.9 Å². The second-order valence-electron chi connectivity index (χ2n) is 6.55. The minimum Gasteiger partial charge on any atom is -0.410 e. The fourth-order valence-corrected chi connectivity index (χ4v) is 2.83. The molecule has 142 valence electrons. The Bertz CT molecular complexity index is 802. The molecule has 3 rings (SSSR count). The van der Waals surface area contributed by atoms with Crippen molar-refractivity contribution >= 4 is 17.6 Å². The second kappa shape index (κ2) is 8.75. The van der Waals surface area contributed by atoms with Crippen molar-refractivity contribution in [1.29, 1.82) is 0 Å². The van der Waals surface area contributed by atoms with E-state index in [1.807, 2.05) is 0 Å². The van der Waals surface area contributed by atoms with Crippen molar-refractivity contribution in [3.05, 3.63) is 59.9 Å². The molecule has 0 radical (unpaired) electrons. The molecular formula is C20H22FN3O3. The Balaban J connectivity index is 1.52. The summed E-state index contributed by atoms with van der Waals surface area (Å²) in [5.41, 5.74) is 0.880.